The lowest BCUT2D eigenvalue weighted by Gasteiger charge is -2.10. The van der Waals surface area contributed by atoms with Crippen molar-refractivity contribution in [2.45, 2.75) is 6.42 Å². The molecule has 0 atom stereocenters. The lowest BCUT2D eigenvalue weighted by molar-refractivity contribution is 0.504. The van der Waals surface area contributed by atoms with Crippen LogP contribution in [0.15, 0.2) is 40.9 Å². The molecule has 21 heavy (non-hydrogen) atoms. The van der Waals surface area contributed by atoms with E-state index in [1.807, 2.05) is 18.2 Å². The van der Waals surface area contributed by atoms with Crippen LogP contribution >= 0.6 is 27.5 Å². The van der Waals surface area contributed by atoms with Gasteiger partial charge in [0.05, 0.1) is 16.7 Å². The monoisotopic (exact) mass is 370 g/mol. The van der Waals surface area contributed by atoms with Crippen LogP contribution in [0.5, 0.6) is 0 Å². The van der Waals surface area contributed by atoms with Crippen molar-refractivity contribution in [2.75, 3.05) is 5.88 Å². The van der Waals surface area contributed by atoms with Gasteiger partial charge in [-0.2, -0.15) is 0 Å². The molecule has 3 aromatic rings. The van der Waals surface area contributed by atoms with E-state index in [1.165, 1.54) is 12.1 Å². The van der Waals surface area contributed by atoms with Crippen molar-refractivity contribution in [1.82, 2.24) is 9.55 Å². The zero-order valence-corrected chi connectivity index (χ0v) is 13.1. The molecule has 3 rings (SSSR count). The van der Waals surface area contributed by atoms with Gasteiger partial charge in [-0.25, -0.2) is 13.8 Å². The first-order valence-corrected chi connectivity index (χ1v) is 7.62. The minimum atomic E-state index is -0.893. The Morgan fingerprint density at radius 3 is 2.76 bits per heavy atom. The molecular formula is C15H10BrClF2N2. The first-order chi connectivity index (χ1) is 10.1. The van der Waals surface area contributed by atoms with Gasteiger partial charge < -0.3 is 0 Å². The fourth-order valence-corrected chi connectivity index (χ4v) is 2.81. The maximum absolute atomic E-state index is 14.1. The minimum absolute atomic E-state index is 0.139. The van der Waals surface area contributed by atoms with Gasteiger partial charge in [0, 0.05) is 16.8 Å². The van der Waals surface area contributed by atoms with E-state index in [9.17, 15) is 8.78 Å². The maximum atomic E-state index is 14.1. The number of aryl methyl sites for hydroxylation is 1. The molecule has 0 saturated carbocycles. The molecule has 0 aliphatic carbocycles. The number of hydrogen-bond acceptors (Lipinski definition) is 1. The van der Waals surface area contributed by atoms with Crippen LogP contribution in [0.25, 0.3) is 16.7 Å². The largest absolute Gasteiger partial charge is 0.293 e. The molecule has 0 aliphatic heterocycles. The Bertz CT molecular complexity index is 817. The van der Waals surface area contributed by atoms with Gasteiger partial charge in [0.1, 0.15) is 5.82 Å². The number of nitrogens with zero attached hydrogens (tertiary/aromatic N) is 2. The third-order valence-corrected chi connectivity index (χ3v) is 3.86. The first-order valence-electron chi connectivity index (χ1n) is 6.29. The van der Waals surface area contributed by atoms with Crippen molar-refractivity contribution in [3.8, 4) is 5.69 Å². The fraction of sp³-hybridized carbons (Fsp3) is 0.133. The van der Waals surface area contributed by atoms with E-state index >= 15 is 0 Å². The summed E-state index contributed by atoms with van der Waals surface area (Å²) in [5, 5.41) is 0. The Morgan fingerprint density at radius 1 is 1.19 bits per heavy atom. The lowest BCUT2D eigenvalue weighted by atomic mass is 10.2. The van der Waals surface area contributed by atoms with E-state index in [-0.39, 0.29) is 5.69 Å². The van der Waals surface area contributed by atoms with Gasteiger partial charge in [-0.15, -0.1) is 11.6 Å². The van der Waals surface area contributed by atoms with Crippen molar-refractivity contribution in [1.29, 1.82) is 0 Å². The molecule has 0 fully saturated rings. The van der Waals surface area contributed by atoms with Crippen LogP contribution < -0.4 is 0 Å². The lowest BCUT2D eigenvalue weighted by Crippen LogP contribution is -2.05. The molecule has 1 heterocycles. The van der Waals surface area contributed by atoms with Crippen molar-refractivity contribution in [3.63, 3.8) is 0 Å². The summed E-state index contributed by atoms with van der Waals surface area (Å²) in [5.41, 5.74) is 1.55. The zero-order valence-electron chi connectivity index (χ0n) is 10.8. The fourth-order valence-electron chi connectivity index (χ4n) is 2.29. The molecule has 0 unspecified atom stereocenters. The SMILES string of the molecule is Fc1cccc(-n2c(CCCl)nc3cc(Br)ccc32)c1F. The third-order valence-electron chi connectivity index (χ3n) is 3.18. The van der Waals surface area contributed by atoms with Crippen LogP contribution in [0.3, 0.4) is 0 Å². The Labute approximate surface area is 133 Å². The summed E-state index contributed by atoms with van der Waals surface area (Å²) in [6.07, 6.45) is 0.462. The van der Waals surface area contributed by atoms with E-state index in [4.69, 9.17) is 11.6 Å². The molecule has 0 spiro atoms. The second-order valence-electron chi connectivity index (χ2n) is 4.51. The summed E-state index contributed by atoms with van der Waals surface area (Å²) in [5.74, 6) is -0.831. The average molecular weight is 372 g/mol. The van der Waals surface area contributed by atoms with Gasteiger partial charge in [-0.3, -0.25) is 4.57 Å². The summed E-state index contributed by atoms with van der Waals surface area (Å²) >= 11 is 9.17. The number of aromatic nitrogens is 2. The van der Waals surface area contributed by atoms with E-state index in [2.05, 4.69) is 20.9 Å². The number of alkyl halides is 1. The topological polar surface area (TPSA) is 17.8 Å². The Kier molecular flexibility index (Phi) is 3.95. The summed E-state index contributed by atoms with van der Waals surface area (Å²) in [6, 6.07) is 9.58. The highest BCUT2D eigenvalue weighted by Gasteiger charge is 2.17. The van der Waals surface area contributed by atoms with Gasteiger partial charge in [0.2, 0.25) is 0 Å². The number of benzene rings is 2. The molecule has 0 amide bonds. The summed E-state index contributed by atoms with van der Waals surface area (Å²) in [6.45, 7) is 0. The quantitative estimate of drug-likeness (QED) is 0.602. The van der Waals surface area contributed by atoms with Crippen LogP contribution in [-0.4, -0.2) is 15.4 Å². The van der Waals surface area contributed by atoms with E-state index < -0.39 is 11.6 Å². The molecule has 6 heteroatoms. The van der Waals surface area contributed by atoms with Crippen LogP contribution in [0.2, 0.25) is 0 Å². The molecule has 1 aromatic heterocycles. The molecule has 0 N–H and O–H groups in total. The van der Waals surface area contributed by atoms with E-state index in [0.29, 0.717) is 29.2 Å². The predicted molar refractivity (Wildman–Crippen MR) is 83.1 cm³/mol. The molecule has 2 nitrogen and oxygen atoms in total. The number of rotatable bonds is 3. The van der Waals surface area contributed by atoms with Crippen molar-refractivity contribution < 1.29 is 8.78 Å². The highest BCUT2D eigenvalue weighted by atomic mass is 79.9. The molecule has 0 saturated heterocycles. The number of hydrogen-bond donors (Lipinski definition) is 0. The second kappa shape index (κ2) is 5.73. The number of halogens is 4. The normalized spacial score (nSPS) is 11.2. The van der Waals surface area contributed by atoms with Crippen molar-refractivity contribution >= 4 is 38.6 Å². The van der Waals surface area contributed by atoms with Gasteiger partial charge >= 0.3 is 0 Å². The van der Waals surface area contributed by atoms with Gasteiger partial charge in [0.15, 0.2) is 11.6 Å². The second-order valence-corrected chi connectivity index (χ2v) is 5.80. The summed E-state index contributed by atoms with van der Waals surface area (Å²) in [4.78, 5) is 4.47. The van der Waals surface area contributed by atoms with Crippen molar-refractivity contribution in [2.24, 2.45) is 0 Å². The number of fused-ring (bicyclic) bond motifs is 1. The molecule has 0 radical (unpaired) electrons. The van der Waals surface area contributed by atoms with Gasteiger partial charge in [-0.05, 0) is 30.3 Å². The van der Waals surface area contributed by atoms with Crippen LogP contribution in [0.1, 0.15) is 5.82 Å². The highest BCUT2D eigenvalue weighted by molar-refractivity contribution is 9.10. The molecule has 108 valence electrons. The zero-order chi connectivity index (χ0) is 15.0. The Balaban J connectivity index is 2.33. The van der Waals surface area contributed by atoms with Crippen LogP contribution in [0.4, 0.5) is 8.78 Å². The minimum Gasteiger partial charge on any atom is -0.293 e. The summed E-state index contributed by atoms with van der Waals surface area (Å²) < 4.78 is 30.1. The maximum Gasteiger partial charge on any atom is 0.182 e. The van der Waals surface area contributed by atoms with E-state index in [1.54, 1.807) is 4.57 Å². The molecule has 2 aromatic carbocycles. The standard InChI is InChI=1S/C15H10BrClF2N2/c16-9-4-5-12-11(8-9)20-14(6-7-17)21(12)13-3-1-2-10(18)15(13)19/h1-5,8H,6-7H2. The Morgan fingerprint density at radius 2 is 2.00 bits per heavy atom. The highest BCUT2D eigenvalue weighted by Crippen LogP contribution is 2.27. The van der Waals surface area contributed by atoms with Crippen molar-refractivity contribution in [3.05, 3.63) is 58.3 Å². The summed E-state index contributed by atoms with van der Waals surface area (Å²) in [7, 11) is 0. The predicted octanol–water partition coefficient (Wildman–Crippen LogP) is 4.85. The smallest absolute Gasteiger partial charge is 0.182 e. The number of imidazole rings is 1. The molecule has 0 aliphatic rings. The Hall–Kier alpha value is -1.46. The van der Waals surface area contributed by atoms with E-state index in [0.717, 1.165) is 10.5 Å². The average Bonchev–Trinajstić information content (AvgIpc) is 2.79. The molecule has 0 bridgehead atoms. The van der Waals surface area contributed by atoms with Crippen LogP contribution in [0, 0.1) is 11.6 Å². The molecular weight excluding hydrogens is 362 g/mol. The van der Waals surface area contributed by atoms with Gasteiger partial charge in [0.25, 0.3) is 0 Å². The third kappa shape index (κ3) is 2.56. The van der Waals surface area contributed by atoms with Crippen LogP contribution in [-0.2, 0) is 6.42 Å². The first kappa shape index (κ1) is 14.5. The van der Waals surface area contributed by atoms with Gasteiger partial charge in [-0.1, -0.05) is 22.0 Å².